The first-order valence-electron chi connectivity index (χ1n) is 12.4. The molecular weight excluding hydrogens is 466 g/mol. The van der Waals surface area contributed by atoms with Crippen molar-refractivity contribution >= 4 is 34.8 Å². The Morgan fingerprint density at radius 3 is 2.46 bits per heavy atom. The largest absolute Gasteiger partial charge is 0.397 e. The first kappa shape index (κ1) is 27.3. The van der Waals surface area contributed by atoms with Crippen molar-refractivity contribution < 1.29 is 14.4 Å². The van der Waals surface area contributed by atoms with E-state index in [2.05, 4.69) is 30.2 Å². The van der Waals surface area contributed by atoms with E-state index in [-0.39, 0.29) is 18.4 Å². The van der Waals surface area contributed by atoms with Gasteiger partial charge in [0.05, 0.1) is 17.1 Å². The van der Waals surface area contributed by atoms with Crippen LogP contribution >= 0.6 is 0 Å². The molecule has 8 heteroatoms. The summed E-state index contributed by atoms with van der Waals surface area (Å²) in [5, 5.41) is 5.65. The normalized spacial score (nSPS) is 14.3. The number of nitrogens with one attached hydrogen (secondary N) is 2. The average Bonchev–Trinajstić information content (AvgIpc) is 2.90. The van der Waals surface area contributed by atoms with E-state index in [1.54, 1.807) is 30.3 Å². The minimum absolute atomic E-state index is 0.224. The van der Waals surface area contributed by atoms with Gasteiger partial charge in [0.2, 0.25) is 0 Å². The molecule has 0 bridgehead atoms. The Balaban J connectivity index is 1.60. The number of likely N-dealkylation sites (N-methyl/N-ethyl adjacent to an activating group) is 1. The van der Waals surface area contributed by atoms with E-state index in [9.17, 15) is 14.4 Å². The van der Waals surface area contributed by atoms with Gasteiger partial charge in [-0.25, -0.2) is 4.79 Å². The molecule has 1 saturated heterocycles. The molecule has 0 aromatic heterocycles. The second-order valence-corrected chi connectivity index (χ2v) is 8.78. The predicted molar refractivity (Wildman–Crippen MR) is 149 cm³/mol. The highest BCUT2D eigenvalue weighted by Gasteiger charge is 2.30. The topological polar surface area (TPSA) is 108 Å². The summed E-state index contributed by atoms with van der Waals surface area (Å²) < 4.78 is 0. The molecule has 0 aliphatic carbocycles. The number of urea groups is 1. The molecule has 0 spiro atoms. The molecule has 4 N–H and O–H groups in total. The summed E-state index contributed by atoms with van der Waals surface area (Å²) in [5.74, 6) is -0.672. The molecule has 1 fully saturated rings. The number of hydrogen-bond donors (Lipinski definition) is 3. The SMILES string of the molecule is C=C1C(=O)N(C(=O)NCc2ccc(C(=O)Nc3cc(/C(C)=C/C=CCC)ccc3N)cc2)CCN1CC. The molecule has 37 heavy (non-hydrogen) atoms. The minimum Gasteiger partial charge on any atom is -0.397 e. The van der Waals surface area contributed by atoms with Crippen LogP contribution in [0.5, 0.6) is 0 Å². The number of allylic oxidation sites excluding steroid dienone is 4. The van der Waals surface area contributed by atoms with E-state index in [1.807, 2.05) is 43.0 Å². The van der Waals surface area contributed by atoms with Gasteiger partial charge >= 0.3 is 6.03 Å². The number of carbonyl (C=O) groups is 3. The van der Waals surface area contributed by atoms with Crippen molar-refractivity contribution in [1.29, 1.82) is 0 Å². The lowest BCUT2D eigenvalue weighted by Crippen LogP contribution is -2.53. The molecule has 0 unspecified atom stereocenters. The van der Waals surface area contributed by atoms with Gasteiger partial charge in [0.25, 0.3) is 11.8 Å². The maximum Gasteiger partial charge on any atom is 0.324 e. The van der Waals surface area contributed by atoms with Gasteiger partial charge in [-0.15, -0.1) is 0 Å². The van der Waals surface area contributed by atoms with E-state index >= 15 is 0 Å². The van der Waals surface area contributed by atoms with Crippen LogP contribution in [-0.4, -0.2) is 47.3 Å². The summed E-state index contributed by atoms with van der Waals surface area (Å²) in [4.78, 5) is 40.8. The van der Waals surface area contributed by atoms with Crippen LogP contribution in [0.1, 0.15) is 48.7 Å². The van der Waals surface area contributed by atoms with Crippen molar-refractivity contribution in [2.24, 2.45) is 0 Å². The predicted octanol–water partition coefficient (Wildman–Crippen LogP) is 4.78. The molecule has 2 aromatic rings. The van der Waals surface area contributed by atoms with Crippen molar-refractivity contribution in [3.8, 4) is 0 Å². The highest BCUT2D eigenvalue weighted by atomic mass is 16.2. The van der Waals surface area contributed by atoms with Gasteiger partial charge < -0.3 is 21.3 Å². The number of nitrogen functional groups attached to an aromatic ring is 1. The number of benzene rings is 2. The van der Waals surface area contributed by atoms with Gasteiger partial charge in [0.1, 0.15) is 0 Å². The van der Waals surface area contributed by atoms with Crippen LogP contribution in [0, 0.1) is 0 Å². The zero-order valence-electron chi connectivity index (χ0n) is 21.7. The molecular formula is C29H35N5O3. The van der Waals surface area contributed by atoms with Gasteiger partial charge in [-0.1, -0.05) is 49.9 Å². The maximum absolute atomic E-state index is 12.8. The summed E-state index contributed by atoms with van der Waals surface area (Å²) in [6.45, 7) is 11.6. The molecule has 0 saturated carbocycles. The molecule has 2 aromatic carbocycles. The summed E-state index contributed by atoms with van der Waals surface area (Å²) >= 11 is 0. The molecule has 194 valence electrons. The first-order chi connectivity index (χ1) is 17.7. The Hall–Kier alpha value is -4.33. The summed E-state index contributed by atoms with van der Waals surface area (Å²) in [5.41, 5.74) is 10.7. The van der Waals surface area contributed by atoms with E-state index in [4.69, 9.17) is 5.73 Å². The smallest absolute Gasteiger partial charge is 0.324 e. The fraction of sp³-hybridized carbons (Fsp3) is 0.276. The molecule has 0 atom stereocenters. The van der Waals surface area contributed by atoms with Crippen molar-refractivity contribution in [2.45, 2.75) is 33.7 Å². The lowest BCUT2D eigenvalue weighted by molar-refractivity contribution is -0.128. The van der Waals surface area contributed by atoms with E-state index in [0.717, 1.165) is 23.1 Å². The number of anilines is 2. The quantitative estimate of drug-likeness (QED) is 0.274. The fourth-order valence-electron chi connectivity index (χ4n) is 3.89. The highest BCUT2D eigenvalue weighted by Crippen LogP contribution is 2.25. The second kappa shape index (κ2) is 12.6. The average molecular weight is 502 g/mol. The van der Waals surface area contributed by atoms with Crippen molar-refractivity contribution in [3.63, 3.8) is 0 Å². The first-order valence-corrected chi connectivity index (χ1v) is 12.4. The van der Waals surface area contributed by atoms with Gasteiger partial charge in [-0.3, -0.25) is 14.5 Å². The monoisotopic (exact) mass is 501 g/mol. The zero-order valence-corrected chi connectivity index (χ0v) is 21.7. The number of imide groups is 1. The van der Waals surface area contributed by atoms with Crippen molar-refractivity contribution in [2.75, 3.05) is 30.7 Å². The van der Waals surface area contributed by atoms with Crippen LogP contribution in [0.3, 0.4) is 0 Å². The summed E-state index contributed by atoms with van der Waals surface area (Å²) in [6.07, 6.45) is 7.07. The van der Waals surface area contributed by atoms with Crippen LogP contribution in [0.25, 0.3) is 5.57 Å². The van der Waals surface area contributed by atoms with Gasteiger partial charge in [0, 0.05) is 31.7 Å². The lowest BCUT2D eigenvalue weighted by atomic mass is 10.0. The molecule has 1 aliphatic rings. The molecule has 4 amide bonds. The van der Waals surface area contributed by atoms with Crippen LogP contribution in [-0.2, 0) is 11.3 Å². The number of nitrogens with zero attached hydrogens (tertiary/aromatic N) is 2. The van der Waals surface area contributed by atoms with Crippen molar-refractivity contribution in [1.82, 2.24) is 15.1 Å². The van der Waals surface area contributed by atoms with Gasteiger partial charge in [-0.2, -0.15) is 0 Å². The van der Waals surface area contributed by atoms with Crippen molar-refractivity contribution in [3.05, 3.63) is 89.7 Å². The molecule has 8 nitrogen and oxygen atoms in total. The lowest BCUT2D eigenvalue weighted by Gasteiger charge is -2.35. The minimum atomic E-state index is -0.464. The fourth-order valence-corrected chi connectivity index (χ4v) is 3.89. The number of piperazine rings is 1. The highest BCUT2D eigenvalue weighted by molar-refractivity contribution is 6.06. The Morgan fingerprint density at radius 2 is 1.78 bits per heavy atom. The third-order valence-electron chi connectivity index (χ3n) is 6.23. The van der Waals surface area contributed by atoms with E-state index < -0.39 is 6.03 Å². The number of amides is 4. The third kappa shape index (κ3) is 6.88. The number of carbonyl (C=O) groups excluding carboxylic acids is 3. The van der Waals surface area contributed by atoms with E-state index in [0.29, 0.717) is 42.3 Å². The second-order valence-electron chi connectivity index (χ2n) is 8.78. The van der Waals surface area contributed by atoms with Crippen LogP contribution in [0.4, 0.5) is 16.2 Å². The van der Waals surface area contributed by atoms with Crippen LogP contribution < -0.4 is 16.4 Å². The summed E-state index contributed by atoms with van der Waals surface area (Å²) in [7, 11) is 0. The van der Waals surface area contributed by atoms with Crippen LogP contribution in [0.15, 0.2) is 73.0 Å². The molecule has 3 rings (SSSR count). The Bertz CT molecular complexity index is 1230. The summed E-state index contributed by atoms with van der Waals surface area (Å²) in [6, 6.07) is 12.0. The molecule has 0 radical (unpaired) electrons. The van der Waals surface area contributed by atoms with Crippen LogP contribution in [0.2, 0.25) is 0 Å². The molecule has 1 aliphatic heterocycles. The van der Waals surface area contributed by atoms with Gasteiger partial charge in [0.15, 0.2) is 0 Å². The Morgan fingerprint density at radius 1 is 1.08 bits per heavy atom. The number of hydrogen-bond acceptors (Lipinski definition) is 5. The van der Waals surface area contributed by atoms with Gasteiger partial charge in [-0.05, 0) is 61.2 Å². The number of nitrogens with two attached hydrogens (primary N) is 1. The Labute approximate surface area is 218 Å². The number of rotatable bonds is 8. The standard InChI is InChI=1S/C29H35N5O3/c1-5-7-8-9-20(3)24-14-15-25(30)26(18-24)32-27(35)23-12-10-22(11-13-23)19-31-29(37)34-17-16-33(6-2)21(4)28(34)36/h7-15,18H,4-6,16-17,19,30H2,1-3H3,(H,31,37)(H,32,35)/b8-7?,20-9+. The third-order valence-corrected chi connectivity index (χ3v) is 6.23. The maximum atomic E-state index is 12.8. The van der Waals surface area contributed by atoms with E-state index in [1.165, 1.54) is 4.90 Å². The Kier molecular flexibility index (Phi) is 9.27. The molecule has 1 heterocycles. The zero-order chi connectivity index (χ0) is 26.9.